The van der Waals surface area contributed by atoms with Crippen LogP contribution in [0.2, 0.25) is 0 Å². The van der Waals surface area contributed by atoms with Gasteiger partial charge in [-0.15, -0.1) is 0 Å². The SMILES string of the molecule is CCN(C[C@H]1COc2ccccc2O1)C(=O)N[C@@H](C)c1cccnc1. The first-order valence-electron chi connectivity index (χ1n) is 8.51. The number of nitrogens with one attached hydrogen (secondary N) is 1. The van der Waals surface area contributed by atoms with Gasteiger partial charge in [0.1, 0.15) is 6.61 Å². The van der Waals surface area contributed by atoms with Gasteiger partial charge in [-0.2, -0.15) is 0 Å². The van der Waals surface area contributed by atoms with E-state index in [9.17, 15) is 4.79 Å². The summed E-state index contributed by atoms with van der Waals surface area (Å²) in [6.07, 6.45) is 3.29. The van der Waals surface area contributed by atoms with Gasteiger partial charge in [-0.25, -0.2) is 4.79 Å². The molecule has 3 rings (SSSR count). The molecule has 1 aliphatic heterocycles. The van der Waals surface area contributed by atoms with Crippen molar-refractivity contribution in [1.29, 1.82) is 0 Å². The zero-order chi connectivity index (χ0) is 17.6. The van der Waals surface area contributed by atoms with Crippen LogP contribution < -0.4 is 14.8 Å². The molecule has 0 fully saturated rings. The van der Waals surface area contributed by atoms with Crippen LogP contribution in [0.25, 0.3) is 0 Å². The Balaban J connectivity index is 1.58. The number of aromatic nitrogens is 1. The summed E-state index contributed by atoms with van der Waals surface area (Å²) in [7, 11) is 0. The van der Waals surface area contributed by atoms with E-state index in [0.717, 1.165) is 17.1 Å². The van der Waals surface area contributed by atoms with E-state index in [2.05, 4.69) is 10.3 Å². The summed E-state index contributed by atoms with van der Waals surface area (Å²) in [6.45, 7) is 5.38. The number of rotatable bonds is 5. The van der Waals surface area contributed by atoms with Gasteiger partial charge in [-0.3, -0.25) is 4.98 Å². The van der Waals surface area contributed by atoms with Gasteiger partial charge in [-0.05, 0) is 37.6 Å². The number of amides is 2. The minimum atomic E-state index is -0.186. The fraction of sp³-hybridized carbons (Fsp3) is 0.368. The van der Waals surface area contributed by atoms with Gasteiger partial charge in [0.05, 0.1) is 12.6 Å². The topological polar surface area (TPSA) is 63.7 Å². The van der Waals surface area contributed by atoms with E-state index in [1.54, 1.807) is 17.3 Å². The van der Waals surface area contributed by atoms with E-state index in [1.165, 1.54) is 0 Å². The third kappa shape index (κ3) is 4.21. The zero-order valence-corrected chi connectivity index (χ0v) is 14.5. The molecular weight excluding hydrogens is 318 g/mol. The number of fused-ring (bicyclic) bond motifs is 1. The lowest BCUT2D eigenvalue weighted by Gasteiger charge is -2.31. The maximum atomic E-state index is 12.6. The number of urea groups is 1. The number of pyridine rings is 1. The van der Waals surface area contributed by atoms with E-state index in [0.29, 0.717) is 19.7 Å². The van der Waals surface area contributed by atoms with E-state index >= 15 is 0 Å². The van der Waals surface area contributed by atoms with Crippen molar-refractivity contribution in [3.8, 4) is 11.5 Å². The molecule has 132 valence electrons. The minimum Gasteiger partial charge on any atom is -0.486 e. The molecule has 6 nitrogen and oxygen atoms in total. The highest BCUT2D eigenvalue weighted by atomic mass is 16.6. The first kappa shape index (κ1) is 17.1. The second-order valence-electron chi connectivity index (χ2n) is 5.99. The molecule has 0 spiro atoms. The van der Waals surface area contributed by atoms with E-state index in [-0.39, 0.29) is 18.2 Å². The molecule has 6 heteroatoms. The van der Waals surface area contributed by atoms with Crippen LogP contribution in [0.3, 0.4) is 0 Å². The van der Waals surface area contributed by atoms with Crippen LogP contribution in [0.5, 0.6) is 11.5 Å². The molecule has 2 atom stereocenters. The summed E-state index contributed by atoms with van der Waals surface area (Å²) >= 11 is 0. The lowest BCUT2D eigenvalue weighted by atomic mass is 10.1. The first-order valence-corrected chi connectivity index (χ1v) is 8.51. The van der Waals surface area contributed by atoms with E-state index in [1.807, 2.05) is 50.2 Å². The Morgan fingerprint density at radius 3 is 2.84 bits per heavy atom. The number of para-hydroxylation sites is 2. The van der Waals surface area contributed by atoms with Gasteiger partial charge in [-0.1, -0.05) is 18.2 Å². The lowest BCUT2D eigenvalue weighted by molar-refractivity contribution is 0.0672. The smallest absolute Gasteiger partial charge is 0.317 e. The number of nitrogens with zero attached hydrogens (tertiary/aromatic N) is 2. The van der Waals surface area contributed by atoms with Crippen LogP contribution in [0.1, 0.15) is 25.5 Å². The van der Waals surface area contributed by atoms with Gasteiger partial charge < -0.3 is 19.7 Å². The van der Waals surface area contributed by atoms with Crippen molar-refractivity contribution in [3.05, 3.63) is 54.4 Å². The number of carbonyl (C=O) groups excluding carboxylic acids is 1. The Morgan fingerprint density at radius 1 is 1.32 bits per heavy atom. The predicted octanol–water partition coefficient (Wildman–Crippen LogP) is 3.01. The fourth-order valence-corrected chi connectivity index (χ4v) is 2.75. The van der Waals surface area contributed by atoms with Crippen molar-refractivity contribution in [2.75, 3.05) is 19.7 Å². The van der Waals surface area contributed by atoms with Crippen molar-refractivity contribution in [2.45, 2.75) is 26.0 Å². The maximum absolute atomic E-state index is 12.6. The maximum Gasteiger partial charge on any atom is 0.317 e. The highest BCUT2D eigenvalue weighted by Crippen LogP contribution is 2.31. The van der Waals surface area contributed by atoms with Crippen LogP contribution >= 0.6 is 0 Å². The Bertz CT molecular complexity index is 708. The molecule has 0 radical (unpaired) electrons. The quantitative estimate of drug-likeness (QED) is 0.908. The van der Waals surface area contributed by atoms with Crippen LogP contribution in [-0.4, -0.2) is 41.7 Å². The monoisotopic (exact) mass is 341 g/mol. The van der Waals surface area contributed by atoms with Crippen molar-refractivity contribution in [3.63, 3.8) is 0 Å². The molecule has 1 aromatic carbocycles. The molecule has 2 heterocycles. The first-order chi connectivity index (χ1) is 12.2. The number of hydrogen-bond acceptors (Lipinski definition) is 4. The van der Waals surface area contributed by atoms with Gasteiger partial charge in [0.2, 0.25) is 0 Å². The largest absolute Gasteiger partial charge is 0.486 e. The number of benzene rings is 1. The molecule has 2 aromatic rings. The molecule has 0 saturated carbocycles. The highest BCUT2D eigenvalue weighted by Gasteiger charge is 2.25. The third-order valence-corrected chi connectivity index (χ3v) is 4.18. The van der Waals surface area contributed by atoms with Crippen LogP contribution in [-0.2, 0) is 0 Å². The molecule has 2 amide bonds. The minimum absolute atomic E-state index is 0.112. The summed E-state index contributed by atoms with van der Waals surface area (Å²) in [5.41, 5.74) is 0.970. The average Bonchev–Trinajstić information content (AvgIpc) is 2.66. The molecule has 0 aliphatic carbocycles. The Hall–Kier alpha value is -2.76. The molecule has 0 saturated heterocycles. The second kappa shape index (κ2) is 7.88. The molecule has 0 bridgehead atoms. The predicted molar refractivity (Wildman–Crippen MR) is 94.8 cm³/mol. The molecule has 1 aliphatic rings. The summed E-state index contributed by atoms with van der Waals surface area (Å²) in [5, 5.41) is 3.01. The molecule has 1 N–H and O–H groups in total. The van der Waals surface area contributed by atoms with Gasteiger partial charge in [0.25, 0.3) is 0 Å². The summed E-state index contributed by atoms with van der Waals surface area (Å²) in [5.74, 6) is 1.47. The normalized spacial score (nSPS) is 16.8. The number of hydrogen-bond donors (Lipinski definition) is 1. The standard InChI is InChI=1S/C19H23N3O3/c1-3-22(19(23)21-14(2)15-7-6-10-20-11-15)12-16-13-24-17-8-4-5-9-18(17)25-16/h4-11,14,16H,3,12-13H2,1-2H3,(H,21,23)/t14-,16-/m0/s1. The van der Waals surface area contributed by atoms with Crippen molar-refractivity contribution in [2.24, 2.45) is 0 Å². The summed E-state index contributed by atoms with van der Waals surface area (Å²) in [6, 6.07) is 11.1. The van der Waals surface area contributed by atoms with Crippen LogP contribution in [0, 0.1) is 0 Å². The molecule has 1 aromatic heterocycles. The average molecular weight is 341 g/mol. The zero-order valence-electron chi connectivity index (χ0n) is 14.5. The third-order valence-electron chi connectivity index (χ3n) is 4.18. The lowest BCUT2D eigenvalue weighted by Crippen LogP contribution is -2.47. The van der Waals surface area contributed by atoms with Gasteiger partial charge >= 0.3 is 6.03 Å². The van der Waals surface area contributed by atoms with Crippen molar-refractivity contribution >= 4 is 6.03 Å². The van der Waals surface area contributed by atoms with Crippen LogP contribution in [0.15, 0.2) is 48.8 Å². The Morgan fingerprint density at radius 2 is 2.12 bits per heavy atom. The summed E-state index contributed by atoms with van der Waals surface area (Å²) in [4.78, 5) is 18.4. The van der Waals surface area contributed by atoms with E-state index in [4.69, 9.17) is 9.47 Å². The number of carbonyl (C=O) groups is 1. The Labute approximate surface area is 147 Å². The molecule has 0 unspecified atom stereocenters. The second-order valence-corrected chi connectivity index (χ2v) is 5.99. The highest BCUT2D eigenvalue weighted by molar-refractivity contribution is 5.74. The van der Waals surface area contributed by atoms with Gasteiger partial charge in [0.15, 0.2) is 17.6 Å². The van der Waals surface area contributed by atoms with Crippen molar-refractivity contribution < 1.29 is 14.3 Å². The fourth-order valence-electron chi connectivity index (χ4n) is 2.75. The van der Waals surface area contributed by atoms with E-state index < -0.39 is 0 Å². The van der Waals surface area contributed by atoms with Gasteiger partial charge in [0, 0.05) is 18.9 Å². The van der Waals surface area contributed by atoms with Crippen molar-refractivity contribution in [1.82, 2.24) is 15.2 Å². The molecule has 25 heavy (non-hydrogen) atoms. The number of ether oxygens (including phenoxy) is 2. The Kier molecular flexibility index (Phi) is 5.38. The summed E-state index contributed by atoms with van der Waals surface area (Å²) < 4.78 is 11.7. The van der Waals surface area contributed by atoms with Crippen LogP contribution in [0.4, 0.5) is 4.79 Å². The molecular formula is C19H23N3O3. The number of likely N-dealkylation sites (N-methyl/N-ethyl adjacent to an activating group) is 1.